The minimum atomic E-state index is -1.10. The number of aromatic nitrogens is 1. The normalized spacial score (nSPS) is 11.0. The van der Waals surface area contributed by atoms with Gasteiger partial charge in [-0.1, -0.05) is 12.1 Å². The molecule has 3 rings (SSSR count). The molecule has 3 aromatic rings. The standard InChI is InChI=1S/C25H28FNO6/c1-4-32-25(30)24-16(2)27(11-12-31-3)21-13-18(8-5-17-6-9-19(26)10-7-17)22(14-20(21)24)33-15-23(28)29/h6-7,9-10,13-14H,4-5,8,11-12,15H2,1-3H3,(H,28,29). The van der Waals surface area contributed by atoms with Gasteiger partial charge in [0, 0.05) is 30.3 Å². The highest BCUT2D eigenvalue weighted by molar-refractivity contribution is 6.06. The van der Waals surface area contributed by atoms with Crippen LogP contribution in [0.4, 0.5) is 4.39 Å². The first-order valence-corrected chi connectivity index (χ1v) is 10.8. The number of fused-ring (bicyclic) bond motifs is 1. The van der Waals surface area contributed by atoms with E-state index in [1.165, 1.54) is 12.1 Å². The summed E-state index contributed by atoms with van der Waals surface area (Å²) in [5.74, 6) is -1.46. The summed E-state index contributed by atoms with van der Waals surface area (Å²) in [6, 6.07) is 9.88. The Labute approximate surface area is 191 Å². The molecule has 33 heavy (non-hydrogen) atoms. The predicted octanol–water partition coefficient (Wildman–Crippen LogP) is 4.16. The Balaban J connectivity index is 2.10. The molecule has 0 atom stereocenters. The Bertz CT molecular complexity index is 1140. The number of hydrogen-bond acceptors (Lipinski definition) is 5. The van der Waals surface area contributed by atoms with Gasteiger partial charge < -0.3 is 23.9 Å². The van der Waals surface area contributed by atoms with E-state index in [1.54, 1.807) is 32.2 Å². The van der Waals surface area contributed by atoms with Gasteiger partial charge in [-0.2, -0.15) is 0 Å². The van der Waals surface area contributed by atoms with E-state index < -0.39 is 18.5 Å². The van der Waals surface area contributed by atoms with E-state index in [9.17, 15) is 14.0 Å². The van der Waals surface area contributed by atoms with Crippen LogP contribution in [0.25, 0.3) is 10.9 Å². The van der Waals surface area contributed by atoms with E-state index in [0.29, 0.717) is 42.7 Å². The summed E-state index contributed by atoms with van der Waals surface area (Å²) in [4.78, 5) is 23.9. The van der Waals surface area contributed by atoms with E-state index in [-0.39, 0.29) is 12.4 Å². The molecule has 0 saturated heterocycles. The number of rotatable bonds is 11. The Morgan fingerprint density at radius 3 is 2.48 bits per heavy atom. The molecule has 1 heterocycles. The highest BCUT2D eigenvalue weighted by Gasteiger charge is 2.23. The maximum absolute atomic E-state index is 13.2. The van der Waals surface area contributed by atoms with Gasteiger partial charge in [0.05, 0.1) is 18.8 Å². The molecule has 1 N–H and O–H groups in total. The molecule has 1 aromatic heterocycles. The van der Waals surface area contributed by atoms with E-state index >= 15 is 0 Å². The molecule has 2 aromatic carbocycles. The van der Waals surface area contributed by atoms with Crippen molar-refractivity contribution in [1.29, 1.82) is 0 Å². The number of hydrogen-bond donors (Lipinski definition) is 1. The van der Waals surface area contributed by atoms with Gasteiger partial charge in [-0.15, -0.1) is 0 Å². The van der Waals surface area contributed by atoms with Gasteiger partial charge in [-0.05, 0) is 62.1 Å². The lowest BCUT2D eigenvalue weighted by molar-refractivity contribution is -0.139. The highest BCUT2D eigenvalue weighted by Crippen LogP contribution is 2.34. The average molecular weight is 457 g/mol. The number of esters is 1. The quantitative estimate of drug-likeness (QED) is 0.435. The number of carboxylic acids is 1. The van der Waals surface area contributed by atoms with E-state index in [4.69, 9.17) is 19.3 Å². The second kappa shape index (κ2) is 11.0. The Morgan fingerprint density at radius 1 is 1.12 bits per heavy atom. The third-order valence-corrected chi connectivity index (χ3v) is 5.45. The van der Waals surface area contributed by atoms with Gasteiger partial charge in [-0.25, -0.2) is 14.0 Å². The van der Waals surface area contributed by atoms with Crippen molar-refractivity contribution in [2.24, 2.45) is 0 Å². The lowest BCUT2D eigenvalue weighted by atomic mass is 10.0. The predicted molar refractivity (Wildman–Crippen MR) is 121 cm³/mol. The highest BCUT2D eigenvalue weighted by atomic mass is 19.1. The number of ether oxygens (including phenoxy) is 3. The van der Waals surface area contributed by atoms with Gasteiger partial charge in [-0.3, -0.25) is 0 Å². The third-order valence-electron chi connectivity index (χ3n) is 5.45. The van der Waals surface area contributed by atoms with Crippen molar-refractivity contribution < 1.29 is 33.3 Å². The van der Waals surface area contributed by atoms with E-state index in [0.717, 1.165) is 22.3 Å². The SMILES string of the molecule is CCOC(=O)c1c(C)n(CCOC)c2cc(CCc3ccc(F)cc3)c(OCC(=O)O)cc12. The number of carbonyl (C=O) groups is 2. The van der Waals surface area contributed by atoms with Crippen LogP contribution in [0.15, 0.2) is 36.4 Å². The number of nitrogens with zero attached hydrogens (tertiary/aromatic N) is 1. The van der Waals surface area contributed by atoms with Crippen LogP contribution in [-0.2, 0) is 33.7 Å². The number of carbonyl (C=O) groups excluding carboxylic acids is 1. The van der Waals surface area contributed by atoms with E-state index in [1.807, 2.05) is 17.6 Å². The van der Waals surface area contributed by atoms with Gasteiger partial charge >= 0.3 is 11.9 Å². The Hall–Kier alpha value is -3.39. The molecule has 0 amide bonds. The summed E-state index contributed by atoms with van der Waals surface area (Å²) < 4.78 is 31.3. The summed E-state index contributed by atoms with van der Waals surface area (Å²) in [6.07, 6.45) is 1.15. The zero-order chi connectivity index (χ0) is 24.0. The van der Waals surface area contributed by atoms with Crippen LogP contribution in [0.3, 0.4) is 0 Å². The van der Waals surface area contributed by atoms with Crippen molar-refractivity contribution in [2.45, 2.75) is 33.2 Å². The largest absolute Gasteiger partial charge is 0.482 e. The summed E-state index contributed by atoms with van der Waals surface area (Å²) in [7, 11) is 1.61. The van der Waals surface area contributed by atoms with Crippen LogP contribution in [0.1, 0.15) is 34.1 Å². The first kappa shape index (κ1) is 24.3. The fourth-order valence-corrected chi connectivity index (χ4v) is 3.88. The number of aryl methyl sites for hydroxylation is 2. The maximum Gasteiger partial charge on any atom is 0.341 e. The van der Waals surface area contributed by atoms with E-state index in [2.05, 4.69) is 0 Å². The average Bonchev–Trinajstić information content (AvgIpc) is 3.05. The zero-order valence-electron chi connectivity index (χ0n) is 19.0. The fraction of sp³-hybridized carbons (Fsp3) is 0.360. The van der Waals surface area contributed by atoms with Crippen molar-refractivity contribution in [1.82, 2.24) is 4.57 Å². The number of halogens is 1. The molecule has 0 saturated carbocycles. The molecule has 0 bridgehead atoms. The molecular formula is C25H28FNO6. The van der Waals surface area contributed by atoms with Crippen LogP contribution >= 0.6 is 0 Å². The zero-order valence-corrected chi connectivity index (χ0v) is 19.0. The maximum atomic E-state index is 13.2. The van der Waals surface area contributed by atoms with Crippen molar-refractivity contribution in [3.8, 4) is 5.75 Å². The lowest BCUT2D eigenvalue weighted by Crippen LogP contribution is -2.11. The third kappa shape index (κ3) is 5.70. The minimum Gasteiger partial charge on any atom is -0.482 e. The van der Waals surface area contributed by atoms with Crippen LogP contribution < -0.4 is 4.74 Å². The Kier molecular flexibility index (Phi) is 8.06. The summed E-state index contributed by atoms with van der Waals surface area (Å²) >= 11 is 0. The van der Waals surface area contributed by atoms with Crippen LogP contribution in [0.2, 0.25) is 0 Å². The smallest absolute Gasteiger partial charge is 0.341 e. The van der Waals surface area contributed by atoms with Crippen LogP contribution in [0.5, 0.6) is 5.75 Å². The topological polar surface area (TPSA) is 87.0 Å². The molecule has 0 unspecified atom stereocenters. The first-order valence-electron chi connectivity index (χ1n) is 10.8. The summed E-state index contributed by atoms with van der Waals surface area (Å²) in [5.41, 5.74) is 3.71. The lowest BCUT2D eigenvalue weighted by Gasteiger charge is -2.13. The van der Waals surface area contributed by atoms with Gasteiger partial charge in [0.2, 0.25) is 0 Å². The van der Waals surface area contributed by atoms with Crippen molar-refractivity contribution in [3.05, 3.63) is 64.6 Å². The number of carboxylic acid groups (broad SMARTS) is 1. The monoisotopic (exact) mass is 457 g/mol. The fourth-order valence-electron chi connectivity index (χ4n) is 3.88. The molecule has 0 radical (unpaired) electrons. The van der Waals surface area contributed by atoms with Gasteiger partial charge in [0.15, 0.2) is 6.61 Å². The molecule has 8 heteroatoms. The van der Waals surface area contributed by atoms with Gasteiger partial charge in [0.25, 0.3) is 0 Å². The number of aliphatic carboxylic acids is 1. The molecule has 0 spiro atoms. The molecule has 0 aliphatic rings. The summed E-state index contributed by atoms with van der Waals surface area (Å²) in [5, 5.41) is 9.75. The molecule has 0 aliphatic carbocycles. The molecule has 0 fully saturated rings. The summed E-state index contributed by atoms with van der Waals surface area (Å²) in [6.45, 7) is 4.30. The van der Waals surface area contributed by atoms with Crippen LogP contribution in [0, 0.1) is 12.7 Å². The number of benzene rings is 2. The second-order valence-corrected chi connectivity index (χ2v) is 7.61. The minimum absolute atomic E-state index is 0.237. The van der Waals surface area contributed by atoms with Crippen molar-refractivity contribution in [2.75, 3.05) is 26.9 Å². The molecular weight excluding hydrogens is 429 g/mol. The second-order valence-electron chi connectivity index (χ2n) is 7.61. The van der Waals surface area contributed by atoms with Crippen molar-refractivity contribution in [3.63, 3.8) is 0 Å². The van der Waals surface area contributed by atoms with Crippen LogP contribution in [-0.4, -0.2) is 48.5 Å². The van der Waals surface area contributed by atoms with Crippen molar-refractivity contribution >= 4 is 22.8 Å². The molecule has 7 nitrogen and oxygen atoms in total. The first-order chi connectivity index (χ1) is 15.8. The molecule has 0 aliphatic heterocycles. The number of methoxy groups -OCH3 is 1. The van der Waals surface area contributed by atoms with Gasteiger partial charge in [0.1, 0.15) is 11.6 Å². The Morgan fingerprint density at radius 2 is 1.85 bits per heavy atom. The molecule has 176 valence electrons.